The molecule has 0 aliphatic carbocycles. The van der Waals surface area contributed by atoms with Crippen molar-refractivity contribution in [3.05, 3.63) is 34.0 Å². The lowest BCUT2D eigenvalue weighted by atomic mass is 10.1. The van der Waals surface area contributed by atoms with E-state index in [0.29, 0.717) is 16.8 Å². The van der Waals surface area contributed by atoms with Crippen LogP contribution in [0.2, 0.25) is 5.02 Å². The smallest absolute Gasteiger partial charge is 0.131 e. The predicted molar refractivity (Wildman–Crippen MR) is 79.6 cm³/mol. The van der Waals surface area contributed by atoms with Gasteiger partial charge in [0.2, 0.25) is 0 Å². The highest BCUT2D eigenvalue weighted by Crippen LogP contribution is 2.30. The second-order valence-corrected chi connectivity index (χ2v) is 5.92. The lowest BCUT2D eigenvalue weighted by Crippen LogP contribution is -2.06. The third kappa shape index (κ3) is 2.70. The lowest BCUT2D eigenvalue weighted by Gasteiger charge is -2.08. The molecule has 1 aromatic carbocycles. The maximum atomic E-state index is 6.12. The van der Waals surface area contributed by atoms with Crippen LogP contribution in [0.25, 0.3) is 11.3 Å². The molecule has 2 N–H and O–H groups in total. The molecule has 1 aromatic heterocycles. The van der Waals surface area contributed by atoms with Crippen LogP contribution in [0.4, 0.5) is 5.82 Å². The molecular formula is C13H15BrClN3. The topological polar surface area (TPSA) is 43.8 Å². The average Bonchev–Trinajstić information content (AvgIpc) is 2.64. The first-order valence-electron chi connectivity index (χ1n) is 5.75. The number of aromatic nitrogens is 2. The van der Waals surface area contributed by atoms with Gasteiger partial charge in [0.1, 0.15) is 11.5 Å². The molecule has 2 rings (SSSR count). The van der Waals surface area contributed by atoms with Crippen LogP contribution >= 0.6 is 27.5 Å². The van der Waals surface area contributed by atoms with E-state index in [2.05, 4.69) is 34.8 Å². The Morgan fingerprint density at radius 1 is 1.44 bits per heavy atom. The van der Waals surface area contributed by atoms with Crippen LogP contribution in [-0.2, 0) is 6.54 Å². The van der Waals surface area contributed by atoms with E-state index in [1.165, 1.54) is 0 Å². The molecule has 0 radical (unpaired) electrons. The first-order chi connectivity index (χ1) is 8.49. The molecule has 1 heterocycles. The van der Waals surface area contributed by atoms with Crippen LogP contribution in [0.1, 0.15) is 13.8 Å². The second kappa shape index (κ2) is 5.33. The average molecular weight is 329 g/mol. The molecule has 0 saturated carbocycles. The number of halogens is 2. The molecule has 3 nitrogen and oxygen atoms in total. The van der Waals surface area contributed by atoms with Crippen molar-refractivity contribution < 1.29 is 0 Å². The van der Waals surface area contributed by atoms with Crippen LogP contribution < -0.4 is 5.73 Å². The minimum Gasteiger partial charge on any atom is -0.383 e. The SMILES string of the molecule is CC(C)Cn1cnc(-c2ccc(Br)c(Cl)c2)c1N. The molecule has 5 heteroatoms. The van der Waals surface area contributed by atoms with Crippen LogP contribution in [0.3, 0.4) is 0 Å². The molecule has 0 amide bonds. The van der Waals surface area contributed by atoms with Crippen LogP contribution in [0.5, 0.6) is 0 Å². The van der Waals surface area contributed by atoms with Crippen molar-refractivity contribution in [1.82, 2.24) is 9.55 Å². The van der Waals surface area contributed by atoms with E-state index in [1.807, 2.05) is 22.8 Å². The van der Waals surface area contributed by atoms with Crippen molar-refractivity contribution >= 4 is 33.3 Å². The highest BCUT2D eigenvalue weighted by atomic mass is 79.9. The third-order valence-electron chi connectivity index (χ3n) is 2.63. The summed E-state index contributed by atoms with van der Waals surface area (Å²) in [6, 6.07) is 5.72. The van der Waals surface area contributed by atoms with Gasteiger partial charge in [-0.3, -0.25) is 0 Å². The van der Waals surface area contributed by atoms with Crippen molar-refractivity contribution in [1.29, 1.82) is 0 Å². The standard InChI is InChI=1S/C13H15BrClN3/c1-8(2)6-18-7-17-12(13(18)16)9-3-4-10(14)11(15)5-9/h3-5,7-8H,6,16H2,1-2H3. The Labute approximate surface area is 120 Å². The van der Waals surface area contributed by atoms with Gasteiger partial charge < -0.3 is 10.3 Å². The molecule has 0 aliphatic heterocycles. The van der Waals surface area contributed by atoms with Gasteiger partial charge in [-0.2, -0.15) is 0 Å². The zero-order chi connectivity index (χ0) is 13.3. The summed E-state index contributed by atoms with van der Waals surface area (Å²) in [4.78, 5) is 4.37. The highest BCUT2D eigenvalue weighted by molar-refractivity contribution is 9.10. The van der Waals surface area contributed by atoms with Gasteiger partial charge in [0.15, 0.2) is 0 Å². The Hall–Kier alpha value is -1.00. The van der Waals surface area contributed by atoms with Crippen LogP contribution in [0.15, 0.2) is 29.0 Å². The van der Waals surface area contributed by atoms with Crippen molar-refractivity contribution in [3.63, 3.8) is 0 Å². The van der Waals surface area contributed by atoms with E-state index in [4.69, 9.17) is 17.3 Å². The molecule has 0 bridgehead atoms. The van der Waals surface area contributed by atoms with Gasteiger partial charge in [0, 0.05) is 16.6 Å². The van der Waals surface area contributed by atoms with Crippen molar-refractivity contribution in [2.24, 2.45) is 5.92 Å². The van der Waals surface area contributed by atoms with E-state index < -0.39 is 0 Å². The number of nitrogens with two attached hydrogens (primary N) is 1. The number of hydrogen-bond acceptors (Lipinski definition) is 2. The largest absolute Gasteiger partial charge is 0.383 e. The summed E-state index contributed by atoms with van der Waals surface area (Å²) in [7, 11) is 0. The Morgan fingerprint density at radius 2 is 2.17 bits per heavy atom. The van der Waals surface area contributed by atoms with Gasteiger partial charge >= 0.3 is 0 Å². The summed E-state index contributed by atoms with van der Waals surface area (Å²) in [6.07, 6.45) is 1.78. The van der Waals surface area contributed by atoms with Crippen molar-refractivity contribution in [2.75, 3.05) is 5.73 Å². The van der Waals surface area contributed by atoms with Crippen molar-refractivity contribution in [3.8, 4) is 11.3 Å². The molecule has 18 heavy (non-hydrogen) atoms. The summed E-state index contributed by atoms with van der Waals surface area (Å²) in [5.41, 5.74) is 7.83. The molecule has 0 spiro atoms. The number of nitrogen functional groups attached to an aromatic ring is 1. The zero-order valence-electron chi connectivity index (χ0n) is 10.3. The van der Waals surface area contributed by atoms with Crippen molar-refractivity contribution in [2.45, 2.75) is 20.4 Å². The Kier molecular flexibility index (Phi) is 3.97. The molecule has 0 fully saturated rings. The quantitative estimate of drug-likeness (QED) is 0.917. The van der Waals surface area contributed by atoms with E-state index in [-0.39, 0.29) is 0 Å². The predicted octanol–water partition coefficient (Wildman–Crippen LogP) is 4.20. The van der Waals surface area contributed by atoms with Gasteiger partial charge in [0.05, 0.1) is 11.3 Å². The monoisotopic (exact) mass is 327 g/mol. The fourth-order valence-corrected chi connectivity index (χ4v) is 2.22. The Bertz CT molecular complexity index is 563. The molecule has 0 aliphatic rings. The number of anilines is 1. The number of rotatable bonds is 3. The lowest BCUT2D eigenvalue weighted by molar-refractivity contribution is 0.527. The normalized spacial score (nSPS) is 11.2. The summed E-state index contributed by atoms with van der Waals surface area (Å²) < 4.78 is 2.84. The second-order valence-electron chi connectivity index (χ2n) is 4.65. The minimum atomic E-state index is 0.530. The van der Waals surface area contributed by atoms with Gasteiger partial charge in [-0.05, 0) is 34.0 Å². The number of hydrogen-bond donors (Lipinski definition) is 1. The molecule has 96 valence electrons. The zero-order valence-corrected chi connectivity index (χ0v) is 12.7. The van der Waals surface area contributed by atoms with Gasteiger partial charge in [0.25, 0.3) is 0 Å². The number of benzene rings is 1. The number of nitrogens with zero attached hydrogens (tertiary/aromatic N) is 2. The van der Waals surface area contributed by atoms with Crippen LogP contribution in [-0.4, -0.2) is 9.55 Å². The minimum absolute atomic E-state index is 0.530. The molecule has 2 aromatic rings. The van der Waals surface area contributed by atoms with Crippen LogP contribution in [0, 0.1) is 5.92 Å². The Morgan fingerprint density at radius 3 is 2.78 bits per heavy atom. The molecule has 0 atom stereocenters. The Balaban J connectivity index is 2.39. The maximum Gasteiger partial charge on any atom is 0.131 e. The first kappa shape index (κ1) is 13.4. The molecule has 0 unspecified atom stereocenters. The summed E-state index contributed by atoms with van der Waals surface area (Å²) >= 11 is 9.45. The highest BCUT2D eigenvalue weighted by Gasteiger charge is 2.11. The van der Waals surface area contributed by atoms with Gasteiger partial charge in [-0.15, -0.1) is 0 Å². The third-order valence-corrected chi connectivity index (χ3v) is 3.87. The van der Waals surface area contributed by atoms with E-state index in [9.17, 15) is 0 Å². The summed E-state index contributed by atoms with van der Waals surface area (Å²) in [6.45, 7) is 5.16. The fourth-order valence-electron chi connectivity index (χ4n) is 1.80. The van der Waals surface area contributed by atoms with E-state index >= 15 is 0 Å². The molecular weight excluding hydrogens is 314 g/mol. The molecule has 0 saturated heterocycles. The summed E-state index contributed by atoms with van der Waals surface area (Å²) in [5.74, 6) is 1.21. The van der Waals surface area contributed by atoms with E-state index in [1.54, 1.807) is 6.33 Å². The number of imidazole rings is 1. The van der Waals surface area contributed by atoms with E-state index in [0.717, 1.165) is 22.3 Å². The maximum absolute atomic E-state index is 6.12. The van der Waals surface area contributed by atoms with Gasteiger partial charge in [-0.1, -0.05) is 31.5 Å². The fraction of sp³-hybridized carbons (Fsp3) is 0.308. The first-order valence-corrected chi connectivity index (χ1v) is 6.92. The summed E-state index contributed by atoms with van der Waals surface area (Å²) in [5, 5.41) is 0.658. The van der Waals surface area contributed by atoms with Gasteiger partial charge in [-0.25, -0.2) is 4.98 Å².